The number of carbonyl (C=O) groups excluding carboxylic acids is 1. The molecule has 0 fully saturated rings. The Balaban J connectivity index is 2.21. The van der Waals surface area contributed by atoms with Gasteiger partial charge in [-0.1, -0.05) is 12.1 Å². The lowest BCUT2D eigenvalue weighted by atomic mass is 10.1. The molecule has 26 heavy (non-hydrogen) atoms. The molecule has 3 N–H and O–H groups in total. The molecule has 0 bridgehead atoms. The predicted molar refractivity (Wildman–Crippen MR) is 101 cm³/mol. The highest BCUT2D eigenvalue weighted by atomic mass is 79.9. The minimum absolute atomic E-state index is 0.147. The summed E-state index contributed by atoms with van der Waals surface area (Å²) in [4.78, 5) is 14.2. The van der Waals surface area contributed by atoms with Crippen molar-refractivity contribution in [3.05, 3.63) is 63.9 Å². The second-order valence-corrected chi connectivity index (χ2v) is 8.35. The third kappa shape index (κ3) is 5.10. The van der Waals surface area contributed by atoms with Crippen LogP contribution >= 0.6 is 15.9 Å². The molecule has 0 aliphatic heterocycles. The van der Waals surface area contributed by atoms with Crippen LogP contribution in [0.25, 0.3) is 0 Å². The molecular formula is C17H19BrFN3O3S. The summed E-state index contributed by atoms with van der Waals surface area (Å²) in [6, 6.07) is 9.86. The number of rotatable bonds is 6. The molecule has 0 aromatic heterocycles. The summed E-state index contributed by atoms with van der Waals surface area (Å²) in [7, 11) is -0.281. The molecule has 0 aliphatic carbocycles. The highest BCUT2D eigenvalue weighted by Gasteiger charge is 2.19. The van der Waals surface area contributed by atoms with Crippen molar-refractivity contribution in [2.45, 2.75) is 10.9 Å². The van der Waals surface area contributed by atoms with Crippen LogP contribution in [0.15, 0.2) is 51.8 Å². The number of hydrogen-bond acceptors (Lipinski definition) is 4. The van der Waals surface area contributed by atoms with Crippen molar-refractivity contribution in [3.63, 3.8) is 0 Å². The second kappa shape index (κ2) is 8.26. The molecule has 0 saturated heterocycles. The van der Waals surface area contributed by atoms with Crippen LogP contribution in [0.1, 0.15) is 22.0 Å². The number of nitrogens with zero attached hydrogens (tertiary/aromatic N) is 1. The van der Waals surface area contributed by atoms with Crippen molar-refractivity contribution in [2.75, 3.05) is 20.6 Å². The zero-order valence-electron chi connectivity index (χ0n) is 14.2. The summed E-state index contributed by atoms with van der Waals surface area (Å²) >= 11 is 3.23. The van der Waals surface area contributed by atoms with E-state index in [1.54, 1.807) is 12.1 Å². The zero-order valence-corrected chi connectivity index (χ0v) is 16.6. The summed E-state index contributed by atoms with van der Waals surface area (Å²) in [5, 5.41) is 7.86. The van der Waals surface area contributed by atoms with E-state index in [2.05, 4.69) is 21.2 Å². The van der Waals surface area contributed by atoms with Crippen LogP contribution in [-0.2, 0) is 10.0 Å². The average molecular weight is 444 g/mol. The van der Waals surface area contributed by atoms with Gasteiger partial charge in [0.25, 0.3) is 5.91 Å². The van der Waals surface area contributed by atoms with Crippen molar-refractivity contribution in [1.82, 2.24) is 10.2 Å². The molecular weight excluding hydrogens is 425 g/mol. The molecule has 0 saturated carbocycles. The van der Waals surface area contributed by atoms with Crippen molar-refractivity contribution in [1.29, 1.82) is 0 Å². The summed E-state index contributed by atoms with van der Waals surface area (Å²) < 4.78 is 36.9. The molecule has 2 aromatic carbocycles. The number of nitrogens with two attached hydrogens (primary N) is 1. The Labute approximate surface area is 160 Å². The first-order chi connectivity index (χ1) is 12.1. The van der Waals surface area contributed by atoms with E-state index in [4.69, 9.17) is 5.14 Å². The summed E-state index contributed by atoms with van der Waals surface area (Å²) in [5.74, 6) is -0.824. The number of benzene rings is 2. The third-order valence-electron chi connectivity index (χ3n) is 3.82. The van der Waals surface area contributed by atoms with Crippen molar-refractivity contribution < 1.29 is 17.6 Å². The number of halogens is 2. The fourth-order valence-electron chi connectivity index (χ4n) is 2.45. The van der Waals surface area contributed by atoms with Crippen molar-refractivity contribution in [2.24, 2.45) is 5.14 Å². The fourth-order valence-corrected chi connectivity index (χ4v) is 3.42. The molecule has 2 aromatic rings. The molecule has 0 radical (unpaired) electrons. The van der Waals surface area contributed by atoms with Gasteiger partial charge in [0.05, 0.1) is 16.5 Å². The SMILES string of the molecule is CN(C)C(CNC(=O)c1cc(S(N)(=O)=O)ccc1Br)c1cccc(F)c1. The maximum absolute atomic E-state index is 13.5. The maximum atomic E-state index is 13.5. The Morgan fingerprint density at radius 2 is 1.96 bits per heavy atom. The lowest BCUT2D eigenvalue weighted by Gasteiger charge is -2.25. The average Bonchev–Trinajstić information content (AvgIpc) is 2.54. The molecule has 0 heterocycles. The number of carbonyl (C=O) groups is 1. The van der Waals surface area contributed by atoms with Crippen LogP contribution in [0, 0.1) is 5.82 Å². The van der Waals surface area contributed by atoms with Gasteiger partial charge in [-0.2, -0.15) is 0 Å². The minimum atomic E-state index is -3.92. The lowest BCUT2D eigenvalue weighted by Crippen LogP contribution is -2.34. The molecule has 1 amide bonds. The quantitative estimate of drug-likeness (QED) is 0.715. The van der Waals surface area contributed by atoms with Crippen LogP contribution in [0.2, 0.25) is 0 Å². The van der Waals surface area contributed by atoms with E-state index in [-0.39, 0.29) is 28.9 Å². The molecule has 0 spiro atoms. The topological polar surface area (TPSA) is 92.5 Å². The molecule has 0 aliphatic rings. The molecule has 140 valence electrons. The largest absolute Gasteiger partial charge is 0.350 e. The number of nitrogens with one attached hydrogen (secondary N) is 1. The van der Waals surface area contributed by atoms with E-state index < -0.39 is 15.9 Å². The highest BCUT2D eigenvalue weighted by molar-refractivity contribution is 9.10. The minimum Gasteiger partial charge on any atom is -0.350 e. The Hall–Kier alpha value is -1.81. The third-order valence-corrected chi connectivity index (χ3v) is 5.43. The van der Waals surface area contributed by atoms with E-state index in [0.29, 0.717) is 10.0 Å². The van der Waals surface area contributed by atoms with Crippen molar-refractivity contribution in [3.8, 4) is 0 Å². The normalized spacial score (nSPS) is 12.8. The first kappa shape index (κ1) is 20.5. The summed E-state index contributed by atoms with van der Waals surface area (Å²) in [6.45, 7) is 0.210. The molecule has 2 rings (SSSR count). The first-order valence-corrected chi connectivity index (χ1v) is 9.96. The fraction of sp³-hybridized carbons (Fsp3) is 0.235. The van der Waals surface area contributed by atoms with Gasteiger partial charge in [-0.3, -0.25) is 4.79 Å². The number of primary sulfonamides is 1. The maximum Gasteiger partial charge on any atom is 0.252 e. The van der Waals surface area contributed by atoms with Gasteiger partial charge in [0, 0.05) is 11.0 Å². The van der Waals surface area contributed by atoms with Gasteiger partial charge in [-0.15, -0.1) is 0 Å². The molecule has 1 atom stereocenters. The van der Waals surface area contributed by atoms with Gasteiger partial charge in [0.1, 0.15) is 5.82 Å². The highest BCUT2D eigenvalue weighted by Crippen LogP contribution is 2.22. The number of likely N-dealkylation sites (N-methyl/N-ethyl adjacent to an activating group) is 1. The Morgan fingerprint density at radius 1 is 1.27 bits per heavy atom. The Bertz CT molecular complexity index is 919. The smallest absolute Gasteiger partial charge is 0.252 e. The van der Waals surface area contributed by atoms with Crippen LogP contribution < -0.4 is 10.5 Å². The van der Waals surface area contributed by atoms with Gasteiger partial charge in [0.15, 0.2) is 0 Å². The Morgan fingerprint density at radius 3 is 2.54 bits per heavy atom. The van der Waals surface area contributed by atoms with Crippen LogP contribution in [0.4, 0.5) is 4.39 Å². The zero-order chi connectivity index (χ0) is 19.5. The predicted octanol–water partition coefficient (Wildman–Crippen LogP) is 2.27. The first-order valence-electron chi connectivity index (χ1n) is 7.62. The van der Waals surface area contributed by atoms with Gasteiger partial charge in [0.2, 0.25) is 10.0 Å². The molecule has 9 heteroatoms. The van der Waals surface area contributed by atoms with Crippen LogP contribution in [0.5, 0.6) is 0 Å². The van der Waals surface area contributed by atoms with Crippen LogP contribution in [0.3, 0.4) is 0 Å². The number of sulfonamides is 1. The monoisotopic (exact) mass is 443 g/mol. The van der Waals surface area contributed by atoms with E-state index in [1.165, 1.54) is 30.3 Å². The molecule has 6 nitrogen and oxygen atoms in total. The number of hydrogen-bond donors (Lipinski definition) is 2. The van der Waals surface area contributed by atoms with E-state index >= 15 is 0 Å². The summed E-state index contributed by atoms with van der Waals surface area (Å²) in [5.41, 5.74) is 0.862. The Kier molecular flexibility index (Phi) is 6.51. The van der Waals surface area contributed by atoms with E-state index in [1.807, 2.05) is 19.0 Å². The van der Waals surface area contributed by atoms with E-state index in [0.717, 1.165) is 0 Å². The van der Waals surface area contributed by atoms with Gasteiger partial charge >= 0.3 is 0 Å². The standard InChI is InChI=1S/C17H19BrFN3O3S/c1-22(2)16(11-4-3-5-12(19)8-11)10-21-17(23)14-9-13(26(20,24)25)6-7-15(14)18/h3-9,16H,10H2,1-2H3,(H,21,23)(H2,20,24,25). The van der Waals surface area contributed by atoms with Crippen molar-refractivity contribution >= 4 is 31.9 Å². The summed E-state index contributed by atoms with van der Waals surface area (Å²) in [6.07, 6.45) is 0. The van der Waals surface area contributed by atoms with Gasteiger partial charge in [-0.25, -0.2) is 17.9 Å². The molecule has 1 unspecified atom stereocenters. The lowest BCUT2D eigenvalue weighted by molar-refractivity contribution is 0.0941. The van der Waals surface area contributed by atoms with Gasteiger partial charge in [-0.05, 0) is 65.9 Å². The van der Waals surface area contributed by atoms with Crippen LogP contribution in [-0.4, -0.2) is 39.9 Å². The number of amides is 1. The van der Waals surface area contributed by atoms with Gasteiger partial charge < -0.3 is 10.2 Å². The second-order valence-electron chi connectivity index (χ2n) is 5.93. The van der Waals surface area contributed by atoms with E-state index in [9.17, 15) is 17.6 Å².